The van der Waals surface area contributed by atoms with Gasteiger partial charge in [-0.3, -0.25) is 14.5 Å². The van der Waals surface area contributed by atoms with Gasteiger partial charge in [-0.2, -0.15) is 0 Å². The number of nitrogens with one attached hydrogen (secondary N) is 2. The van der Waals surface area contributed by atoms with Crippen LogP contribution in [0.1, 0.15) is 25.5 Å². The zero-order valence-corrected chi connectivity index (χ0v) is 16.6. The lowest BCUT2D eigenvalue weighted by atomic mass is 10.1. The summed E-state index contributed by atoms with van der Waals surface area (Å²) in [5, 5.41) is 5.51. The molecule has 28 heavy (non-hydrogen) atoms. The number of benzene rings is 2. The molecule has 1 unspecified atom stereocenters. The first kappa shape index (κ1) is 21.4. The second kappa shape index (κ2) is 11.8. The highest BCUT2D eigenvalue weighted by Gasteiger charge is 2.18. The summed E-state index contributed by atoms with van der Waals surface area (Å²) in [6, 6.07) is 19.3. The van der Waals surface area contributed by atoms with Gasteiger partial charge in [0, 0.05) is 6.54 Å². The molecule has 2 aromatic rings. The maximum atomic E-state index is 12.2. The van der Waals surface area contributed by atoms with Crippen molar-refractivity contribution in [3.8, 4) is 5.75 Å². The predicted octanol–water partition coefficient (Wildman–Crippen LogP) is 2.38. The van der Waals surface area contributed by atoms with E-state index in [4.69, 9.17) is 4.74 Å². The van der Waals surface area contributed by atoms with E-state index in [0.717, 1.165) is 18.7 Å². The van der Waals surface area contributed by atoms with Gasteiger partial charge in [0.1, 0.15) is 5.75 Å². The summed E-state index contributed by atoms with van der Waals surface area (Å²) in [5.74, 6) is 0.0653. The van der Waals surface area contributed by atoms with Crippen molar-refractivity contribution in [2.24, 2.45) is 0 Å². The molecule has 0 radical (unpaired) electrons. The molecule has 0 aromatic heterocycles. The second-order valence-electron chi connectivity index (χ2n) is 6.33. The molecule has 0 saturated heterocycles. The Hall–Kier alpha value is -2.86. The largest absolute Gasteiger partial charge is 0.484 e. The molecule has 2 aromatic carbocycles. The van der Waals surface area contributed by atoms with Crippen LogP contribution in [0.15, 0.2) is 60.7 Å². The number of rotatable bonds is 11. The maximum Gasteiger partial charge on any atom is 0.258 e. The molecule has 0 spiro atoms. The van der Waals surface area contributed by atoms with Gasteiger partial charge < -0.3 is 15.4 Å². The molecule has 0 bridgehead atoms. The standard InChI is InChI=1S/C22H29N3O3/c1-3-25(4-2)20(18-11-7-5-8-12-18)15-23-21(26)16-24-22(27)17-28-19-13-9-6-10-14-19/h5-14,20H,3-4,15-17H2,1-2H3,(H,23,26)(H,24,27). The monoisotopic (exact) mass is 383 g/mol. The van der Waals surface area contributed by atoms with Crippen LogP contribution in [0.4, 0.5) is 0 Å². The van der Waals surface area contributed by atoms with Gasteiger partial charge in [0.25, 0.3) is 5.91 Å². The third-order valence-corrected chi connectivity index (χ3v) is 4.49. The molecule has 6 heteroatoms. The van der Waals surface area contributed by atoms with Crippen molar-refractivity contribution in [1.82, 2.24) is 15.5 Å². The highest BCUT2D eigenvalue weighted by atomic mass is 16.5. The molecule has 6 nitrogen and oxygen atoms in total. The second-order valence-corrected chi connectivity index (χ2v) is 6.33. The van der Waals surface area contributed by atoms with Crippen molar-refractivity contribution in [3.63, 3.8) is 0 Å². The van der Waals surface area contributed by atoms with Crippen LogP contribution in [-0.2, 0) is 9.59 Å². The van der Waals surface area contributed by atoms with Crippen molar-refractivity contribution < 1.29 is 14.3 Å². The number of hydrogen-bond acceptors (Lipinski definition) is 4. The number of carbonyl (C=O) groups excluding carboxylic acids is 2. The van der Waals surface area contributed by atoms with Crippen molar-refractivity contribution in [2.75, 3.05) is 32.8 Å². The van der Waals surface area contributed by atoms with Crippen LogP contribution in [0.25, 0.3) is 0 Å². The topological polar surface area (TPSA) is 70.7 Å². The molecular formula is C22H29N3O3. The fraction of sp³-hybridized carbons (Fsp3) is 0.364. The molecule has 2 rings (SSSR count). The van der Waals surface area contributed by atoms with Crippen LogP contribution < -0.4 is 15.4 Å². The first-order valence-electron chi connectivity index (χ1n) is 9.64. The van der Waals surface area contributed by atoms with Gasteiger partial charge in [-0.25, -0.2) is 0 Å². The van der Waals surface area contributed by atoms with E-state index in [9.17, 15) is 9.59 Å². The van der Waals surface area contributed by atoms with Crippen LogP contribution in [0, 0.1) is 0 Å². The van der Waals surface area contributed by atoms with E-state index in [1.54, 1.807) is 12.1 Å². The lowest BCUT2D eigenvalue weighted by Crippen LogP contribution is -2.43. The van der Waals surface area contributed by atoms with Gasteiger partial charge >= 0.3 is 0 Å². The van der Waals surface area contributed by atoms with Crippen LogP contribution in [0.3, 0.4) is 0 Å². The predicted molar refractivity (Wildman–Crippen MR) is 110 cm³/mol. The maximum absolute atomic E-state index is 12.2. The number of carbonyl (C=O) groups is 2. The SMILES string of the molecule is CCN(CC)C(CNC(=O)CNC(=O)COc1ccccc1)c1ccccc1. The van der Waals surface area contributed by atoms with Crippen LogP contribution in [0.2, 0.25) is 0 Å². The number of amides is 2. The molecule has 0 aliphatic heterocycles. The van der Waals surface area contributed by atoms with E-state index in [1.165, 1.54) is 0 Å². The minimum Gasteiger partial charge on any atom is -0.484 e. The first-order valence-corrected chi connectivity index (χ1v) is 9.64. The third kappa shape index (κ3) is 7.04. The Labute approximate surface area is 166 Å². The highest BCUT2D eigenvalue weighted by Crippen LogP contribution is 2.19. The van der Waals surface area contributed by atoms with Crippen molar-refractivity contribution in [1.29, 1.82) is 0 Å². The molecule has 150 valence electrons. The van der Waals surface area contributed by atoms with Gasteiger partial charge in [-0.05, 0) is 30.8 Å². The summed E-state index contributed by atoms with van der Waals surface area (Å²) >= 11 is 0. The van der Waals surface area contributed by atoms with Crippen molar-refractivity contribution >= 4 is 11.8 Å². The van der Waals surface area contributed by atoms with Crippen LogP contribution >= 0.6 is 0 Å². The molecule has 0 aliphatic rings. The molecule has 0 aliphatic carbocycles. The summed E-state index contributed by atoms with van der Waals surface area (Å²) in [6.07, 6.45) is 0. The molecule has 2 amide bonds. The Kier molecular flexibility index (Phi) is 9.01. The minimum absolute atomic E-state index is 0.0727. The van der Waals surface area contributed by atoms with Gasteiger partial charge in [0.05, 0.1) is 12.6 Å². The van der Waals surface area contributed by atoms with Crippen LogP contribution in [0.5, 0.6) is 5.75 Å². The van der Waals surface area contributed by atoms with Gasteiger partial charge in [-0.15, -0.1) is 0 Å². The quantitative estimate of drug-likeness (QED) is 0.625. The lowest BCUT2D eigenvalue weighted by Gasteiger charge is -2.30. The summed E-state index contributed by atoms with van der Waals surface area (Å²) in [5.41, 5.74) is 1.16. The Morgan fingerprint density at radius 1 is 0.893 bits per heavy atom. The minimum atomic E-state index is -0.331. The molecule has 1 atom stereocenters. The highest BCUT2D eigenvalue weighted by molar-refractivity contribution is 5.85. The van der Waals surface area contributed by atoms with Gasteiger partial charge in [-0.1, -0.05) is 62.4 Å². The summed E-state index contributed by atoms with van der Waals surface area (Å²) < 4.78 is 5.37. The summed E-state index contributed by atoms with van der Waals surface area (Å²) in [6.45, 7) is 6.28. The van der Waals surface area contributed by atoms with Crippen molar-refractivity contribution in [3.05, 3.63) is 66.2 Å². The van der Waals surface area contributed by atoms with Gasteiger partial charge in [0.15, 0.2) is 6.61 Å². The lowest BCUT2D eigenvalue weighted by molar-refractivity contribution is -0.127. The number of ether oxygens (including phenoxy) is 1. The zero-order chi connectivity index (χ0) is 20.2. The molecular weight excluding hydrogens is 354 g/mol. The van der Waals surface area contributed by atoms with Crippen LogP contribution in [-0.4, -0.2) is 49.5 Å². The van der Waals surface area contributed by atoms with E-state index >= 15 is 0 Å². The summed E-state index contributed by atoms with van der Waals surface area (Å²) in [4.78, 5) is 26.3. The molecule has 0 fully saturated rings. The molecule has 2 N–H and O–H groups in total. The van der Waals surface area contributed by atoms with E-state index in [0.29, 0.717) is 12.3 Å². The Bertz CT molecular complexity index is 718. The fourth-order valence-electron chi connectivity index (χ4n) is 2.97. The summed E-state index contributed by atoms with van der Waals surface area (Å²) in [7, 11) is 0. The zero-order valence-electron chi connectivity index (χ0n) is 16.6. The Morgan fingerprint density at radius 3 is 2.11 bits per heavy atom. The normalized spacial score (nSPS) is 11.7. The fourth-order valence-corrected chi connectivity index (χ4v) is 2.97. The Balaban J connectivity index is 1.78. The van der Waals surface area contributed by atoms with E-state index < -0.39 is 0 Å². The number of para-hydroxylation sites is 1. The van der Waals surface area contributed by atoms with E-state index in [2.05, 4.69) is 41.5 Å². The first-order chi connectivity index (χ1) is 13.6. The van der Waals surface area contributed by atoms with Crippen molar-refractivity contribution in [2.45, 2.75) is 19.9 Å². The average Bonchev–Trinajstić information content (AvgIpc) is 2.75. The molecule has 0 heterocycles. The van der Waals surface area contributed by atoms with E-state index in [-0.39, 0.29) is 31.0 Å². The number of likely N-dealkylation sites (N-methyl/N-ethyl adjacent to an activating group) is 1. The number of hydrogen-bond donors (Lipinski definition) is 2. The third-order valence-electron chi connectivity index (χ3n) is 4.49. The smallest absolute Gasteiger partial charge is 0.258 e. The molecule has 0 saturated carbocycles. The Morgan fingerprint density at radius 2 is 1.50 bits per heavy atom. The number of nitrogens with zero attached hydrogens (tertiary/aromatic N) is 1. The average molecular weight is 383 g/mol. The van der Waals surface area contributed by atoms with E-state index in [1.807, 2.05) is 36.4 Å². The van der Waals surface area contributed by atoms with Gasteiger partial charge in [0.2, 0.25) is 5.91 Å².